The second kappa shape index (κ2) is 6.38. The molecule has 5 nitrogen and oxygen atoms in total. The van der Waals surface area contributed by atoms with Crippen molar-refractivity contribution in [3.63, 3.8) is 0 Å². The molecule has 3 rings (SSSR count). The summed E-state index contributed by atoms with van der Waals surface area (Å²) in [7, 11) is 0. The fourth-order valence-corrected chi connectivity index (χ4v) is 2.24. The van der Waals surface area contributed by atoms with Gasteiger partial charge >= 0.3 is 6.18 Å². The van der Waals surface area contributed by atoms with Crippen LogP contribution in [-0.4, -0.2) is 20.9 Å². The molecule has 1 aromatic carbocycles. The molecule has 0 amide bonds. The van der Waals surface area contributed by atoms with E-state index in [-0.39, 0.29) is 6.04 Å². The maximum Gasteiger partial charge on any atom is 0.408 e. The first-order chi connectivity index (χ1) is 11.4. The number of oxazole rings is 1. The molecule has 0 spiro atoms. The molecule has 24 heavy (non-hydrogen) atoms. The zero-order valence-electron chi connectivity index (χ0n) is 12.8. The molecule has 0 aliphatic rings. The highest BCUT2D eigenvalue weighted by Gasteiger charge is 2.28. The van der Waals surface area contributed by atoms with Crippen molar-refractivity contribution >= 4 is 5.69 Å². The Kier molecular flexibility index (Phi) is 4.28. The number of rotatable bonds is 5. The maximum absolute atomic E-state index is 12.3. The predicted molar refractivity (Wildman–Crippen MR) is 82.3 cm³/mol. The molecule has 1 atom stereocenters. The van der Waals surface area contributed by atoms with Gasteiger partial charge in [0.2, 0.25) is 5.89 Å². The number of aromatic nitrogens is 3. The smallest absolute Gasteiger partial charge is 0.408 e. The lowest BCUT2D eigenvalue weighted by molar-refractivity contribution is -0.142. The summed E-state index contributed by atoms with van der Waals surface area (Å²) in [5.41, 5.74) is 1.37. The van der Waals surface area contributed by atoms with Gasteiger partial charge in [-0.3, -0.25) is 4.68 Å². The monoisotopic (exact) mass is 336 g/mol. The molecule has 3 aromatic rings. The van der Waals surface area contributed by atoms with Gasteiger partial charge in [-0.25, -0.2) is 4.98 Å². The molecule has 0 bridgehead atoms. The van der Waals surface area contributed by atoms with Crippen LogP contribution in [0, 0.1) is 0 Å². The van der Waals surface area contributed by atoms with E-state index in [1.165, 1.54) is 12.4 Å². The summed E-state index contributed by atoms with van der Waals surface area (Å²) in [5.74, 6) is 1.07. The predicted octanol–water partition coefficient (Wildman–Crippen LogP) is 4.27. The average molecular weight is 336 g/mol. The van der Waals surface area contributed by atoms with Crippen LogP contribution in [0.3, 0.4) is 0 Å². The van der Waals surface area contributed by atoms with Gasteiger partial charge in [-0.05, 0) is 6.92 Å². The Bertz CT molecular complexity index is 795. The molecule has 0 aliphatic carbocycles. The SMILES string of the molecule is C[C@H](Nc1cnn(CC(F)(F)F)c1)c1ncc(-c2ccccc2)o1. The Morgan fingerprint density at radius 2 is 1.96 bits per heavy atom. The van der Waals surface area contributed by atoms with Crippen LogP contribution in [0.1, 0.15) is 18.9 Å². The number of nitrogens with one attached hydrogen (secondary N) is 1. The van der Waals surface area contributed by atoms with Crippen LogP contribution in [0.15, 0.2) is 53.3 Å². The van der Waals surface area contributed by atoms with Crippen molar-refractivity contribution in [2.45, 2.75) is 25.7 Å². The minimum absolute atomic E-state index is 0.314. The maximum atomic E-state index is 12.3. The lowest BCUT2D eigenvalue weighted by Gasteiger charge is -2.09. The van der Waals surface area contributed by atoms with Gasteiger partial charge in [0, 0.05) is 11.8 Å². The summed E-state index contributed by atoms with van der Waals surface area (Å²) < 4.78 is 43.6. The van der Waals surface area contributed by atoms with E-state index in [4.69, 9.17) is 4.42 Å². The van der Waals surface area contributed by atoms with Crippen LogP contribution in [0.2, 0.25) is 0 Å². The second-order valence-electron chi connectivity index (χ2n) is 5.34. The minimum atomic E-state index is -4.30. The molecule has 0 saturated heterocycles. The van der Waals surface area contributed by atoms with Gasteiger partial charge in [-0.15, -0.1) is 0 Å². The molecule has 126 valence electrons. The molecule has 1 N–H and O–H groups in total. The van der Waals surface area contributed by atoms with E-state index in [0.717, 1.165) is 10.2 Å². The summed E-state index contributed by atoms with van der Waals surface area (Å²) >= 11 is 0. The first-order valence-electron chi connectivity index (χ1n) is 7.27. The van der Waals surface area contributed by atoms with Gasteiger partial charge in [0.05, 0.1) is 18.1 Å². The summed E-state index contributed by atoms with van der Waals surface area (Å²) in [5, 5.41) is 6.71. The average Bonchev–Trinajstić information content (AvgIpc) is 3.16. The highest BCUT2D eigenvalue weighted by molar-refractivity contribution is 5.56. The molecule has 0 unspecified atom stereocenters. The van der Waals surface area contributed by atoms with Gasteiger partial charge < -0.3 is 9.73 Å². The number of hydrogen-bond donors (Lipinski definition) is 1. The first-order valence-corrected chi connectivity index (χ1v) is 7.27. The Morgan fingerprint density at radius 1 is 1.21 bits per heavy atom. The van der Waals surface area contributed by atoms with E-state index in [1.807, 2.05) is 37.3 Å². The summed E-state index contributed by atoms with van der Waals surface area (Å²) in [6.07, 6.45) is -0.0493. The van der Waals surface area contributed by atoms with Crippen molar-refractivity contribution in [1.29, 1.82) is 0 Å². The zero-order valence-corrected chi connectivity index (χ0v) is 12.8. The van der Waals surface area contributed by atoms with Crippen molar-refractivity contribution in [2.24, 2.45) is 0 Å². The lowest BCUT2D eigenvalue weighted by atomic mass is 10.2. The van der Waals surface area contributed by atoms with E-state index in [0.29, 0.717) is 17.3 Å². The van der Waals surface area contributed by atoms with Crippen LogP contribution in [-0.2, 0) is 6.54 Å². The van der Waals surface area contributed by atoms with Gasteiger partial charge in [-0.2, -0.15) is 18.3 Å². The Labute approximate surface area is 136 Å². The number of hydrogen-bond acceptors (Lipinski definition) is 4. The molecule has 0 saturated carbocycles. The van der Waals surface area contributed by atoms with Crippen LogP contribution in [0.5, 0.6) is 0 Å². The molecule has 2 aromatic heterocycles. The Morgan fingerprint density at radius 3 is 2.67 bits per heavy atom. The fourth-order valence-electron chi connectivity index (χ4n) is 2.24. The second-order valence-corrected chi connectivity index (χ2v) is 5.34. The van der Waals surface area contributed by atoms with Gasteiger partial charge in [0.25, 0.3) is 0 Å². The van der Waals surface area contributed by atoms with Crippen LogP contribution >= 0.6 is 0 Å². The molecule has 8 heteroatoms. The van der Waals surface area contributed by atoms with Crippen molar-refractivity contribution in [1.82, 2.24) is 14.8 Å². The normalized spacial score (nSPS) is 13.0. The third kappa shape index (κ3) is 3.95. The van der Waals surface area contributed by atoms with Crippen LogP contribution in [0.25, 0.3) is 11.3 Å². The minimum Gasteiger partial charge on any atom is -0.438 e. The molecule has 0 aliphatic heterocycles. The molecule has 0 radical (unpaired) electrons. The topological polar surface area (TPSA) is 55.9 Å². The number of anilines is 1. The molecular weight excluding hydrogens is 321 g/mol. The van der Waals surface area contributed by atoms with Crippen molar-refractivity contribution in [2.75, 3.05) is 5.32 Å². The van der Waals surface area contributed by atoms with Crippen LogP contribution in [0.4, 0.5) is 18.9 Å². The first kappa shape index (κ1) is 16.1. The van der Waals surface area contributed by atoms with Crippen LogP contribution < -0.4 is 5.32 Å². The molecule has 2 heterocycles. The van der Waals surface area contributed by atoms with Gasteiger partial charge in [0.15, 0.2) is 5.76 Å². The summed E-state index contributed by atoms with van der Waals surface area (Å²) in [6, 6.07) is 9.20. The Balaban J connectivity index is 1.67. The van der Waals surface area contributed by atoms with Crippen molar-refractivity contribution in [3.8, 4) is 11.3 Å². The Hall–Kier alpha value is -2.77. The van der Waals surface area contributed by atoms with Gasteiger partial charge in [0.1, 0.15) is 12.6 Å². The molecular formula is C16H15F3N4O. The van der Waals surface area contributed by atoms with Crippen molar-refractivity contribution in [3.05, 3.63) is 54.8 Å². The van der Waals surface area contributed by atoms with E-state index < -0.39 is 12.7 Å². The third-order valence-corrected chi connectivity index (χ3v) is 3.31. The highest BCUT2D eigenvalue weighted by atomic mass is 19.4. The van der Waals surface area contributed by atoms with E-state index >= 15 is 0 Å². The summed E-state index contributed by atoms with van der Waals surface area (Å²) in [4.78, 5) is 4.22. The lowest BCUT2D eigenvalue weighted by Crippen LogP contribution is -2.17. The number of halogens is 3. The fraction of sp³-hybridized carbons (Fsp3) is 0.250. The zero-order chi connectivity index (χ0) is 17.2. The highest BCUT2D eigenvalue weighted by Crippen LogP contribution is 2.25. The van der Waals surface area contributed by atoms with E-state index in [9.17, 15) is 13.2 Å². The number of nitrogens with zero attached hydrogens (tertiary/aromatic N) is 3. The standard InChI is InChI=1S/C16H15F3N4O/c1-11(22-13-7-21-23(9-13)10-16(17,18)19)15-20-8-14(24-15)12-5-3-2-4-6-12/h2-9,11,22H,10H2,1H3/t11-/m0/s1. The quantitative estimate of drug-likeness (QED) is 0.756. The largest absolute Gasteiger partial charge is 0.438 e. The summed E-state index contributed by atoms with van der Waals surface area (Å²) in [6.45, 7) is 0.682. The van der Waals surface area contributed by atoms with Crippen molar-refractivity contribution < 1.29 is 17.6 Å². The van der Waals surface area contributed by atoms with E-state index in [1.54, 1.807) is 6.20 Å². The number of benzene rings is 1. The third-order valence-electron chi connectivity index (χ3n) is 3.31. The molecule has 0 fully saturated rings. The van der Waals surface area contributed by atoms with E-state index in [2.05, 4.69) is 15.4 Å². The van der Waals surface area contributed by atoms with Gasteiger partial charge in [-0.1, -0.05) is 30.3 Å². The number of alkyl halides is 3.